The predicted molar refractivity (Wildman–Crippen MR) is 105 cm³/mol. The van der Waals surface area contributed by atoms with E-state index < -0.39 is 5.41 Å². The van der Waals surface area contributed by atoms with Gasteiger partial charge in [-0.3, -0.25) is 14.4 Å². The van der Waals surface area contributed by atoms with Crippen LogP contribution in [0, 0.1) is 5.41 Å². The molecule has 0 aliphatic heterocycles. The smallest absolute Gasteiger partial charge is 0.240 e. The van der Waals surface area contributed by atoms with Crippen molar-refractivity contribution < 1.29 is 14.4 Å². The number of ketones is 1. The molecule has 0 radical (unpaired) electrons. The zero-order valence-corrected chi connectivity index (χ0v) is 15.5. The molecule has 3 rings (SSSR count). The summed E-state index contributed by atoms with van der Waals surface area (Å²) >= 11 is 0. The molecule has 0 spiro atoms. The van der Waals surface area contributed by atoms with Crippen molar-refractivity contribution in [2.75, 3.05) is 11.9 Å². The molecule has 5 heteroatoms. The number of nitrogens with one attached hydrogen (secondary N) is 2. The van der Waals surface area contributed by atoms with Gasteiger partial charge in [0.1, 0.15) is 5.41 Å². The molecule has 0 bridgehead atoms. The normalized spacial score (nSPS) is 14.3. The maximum absolute atomic E-state index is 12.6. The highest BCUT2D eigenvalue weighted by Crippen LogP contribution is 2.46. The van der Waals surface area contributed by atoms with Gasteiger partial charge in [-0.1, -0.05) is 30.3 Å². The maximum atomic E-state index is 12.6. The molecule has 1 fully saturated rings. The molecule has 27 heavy (non-hydrogen) atoms. The van der Waals surface area contributed by atoms with E-state index in [1.165, 1.54) is 12.5 Å². The number of benzene rings is 2. The standard InChI is InChI=1S/C22H24N2O3/c1-16(25)18-9-11-19(12-10-18)24-21(27)22(13-14-22)20(26)23-15-5-8-17-6-3-2-4-7-17/h2-4,6-7,9-12H,5,8,13-15H2,1H3,(H,23,26)(H,24,27). The monoisotopic (exact) mass is 364 g/mol. The van der Waals surface area contributed by atoms with E-state index in [0.29, 0.717) is 30.6 Å². The van der Waals surface area contributed by atoms with Crippen molar-refractivity contribution in [3.05, 3.63) is 65.7 Å². The van der Waals surface area contributed by atoms with Crippen LogP contribution in [0.2, 0.25) is 0 Å². The quantitative estimate of drug-likeness (QED) is 0.428. The summed E-state index contributed by atoms with van der Waals surface area (Å²) in [4.78, 5) is 36.4. The van der Waals surface area contributed by atoms with Crippen LogP contribution in [-0.4, -0.2) is 24.1 Å². The Morgan fingerprint density at radius 2 is 1.59 bits per heavy atom. The Bertz CT molecular complexity index is 824. The Hall–Kier alpha value is -2.95. The molecule has 5 nitrogen and oxygen atoms in total. The molecule has 1 saturated carbocycles. The Morgan fingerprint density at radius 1 is 0.926 bits per heavy atom. The SMILES string of the molecule is CC(=O)c1ccc(NC(=O)C2(C(=O)NCCCc3ccccc3)CC2)cc1. The molecular weight excluding hydrogens is 340 g/mol. The summed E-state index contributed by atoms with van der Waals surface area (Å²) in [6.07, 6.45) is 2.85. The fourth-order valence-electron chi connectivity index (χ4n) is 3.03. The Morgan fingerprint density at radius 3 is 2.19 bits per heavy atom. The van der Waals surface area contributed by atoms with E-state index in [1.54, 1.807) is 24.3 Å². The molecule has 0 atom stereocenters. The van der Waals surface area contributed by atoms with Crippen molar-refractivity contribution in [3.8, 4) is 0 Å². The summed E-state index contributed by atoms with van der Waals surface area (Å²) in [6.45, 7) is 2.05. The third kappa shape index (κ3) is 4.61. The molecule has 2 amide bonds. The lowest BCUT2D eigenvalue weighted by atomic mass is 10.0. The van der Waals surface area contributed by atoms with E-state index >= 15 is 0 Å². The van der Waals surface area contributed by atoms with Gasteiger partial charge in [0.25, 0.3) is 0 Å². The molecule has 1 aliphatic rings. The molecule has 1 aliphatic carbocycles. The number of hydrogen-bond donors (Lipinski definition) is 2. The second-order valence-corrected chi connectivity index (χ2v) is 7.01. The van der Waals surface area contributed by atoms with Crippen LogP contribution in [0.3, 0.4) is 0 Å². The highest BCUT2D eigenvalue weighted by Gasteiger charge is 2.56. The predicted octanol–water partition coefficient (Wildman–Crippen LogP) is 3.36. The lowest BCUT2D eigenvalue weighted by Crippen LogP contribution is -2.40. The van der Waals surface area contributed by atoms with Crippen LogP contribution in [0.1, 0.15) is 42.1 Å². The maximum Gasteiger partial charge on any atom is 0.240 e. The molecular formula is C22H24N2O3. The summed E-state index contributed by atoms with van der Waals surface area (Å²) in [5.74, 6) is -0.506. The first-order valence-corrected chi connectivity index (χ1v) is 9.26. The minimum absolute atomic E-state index is 0.0265. The van der Waals surface area contributed by atoms with Crippen LogP contribution in [0.25, 0.3) is 0 Å². The van der Waals surface area contributed by atoms with Crippen molar-refractivity contribution in [2.45, 2.75) is 32.6 Å². The van der Waals surface area contributed by atoms with Gasteiger partial charge in [-0.25, -0.2) is 0 Å². The summed E-state index contributed by atoms with van der Waals surface area (Å²) in [6, 6.07) is 16.8. The summed E-state index contributed by atoms with van der Waals surface area (Å²) in [5, 5.41) is 5.70. The van der Waals surface area contributed by atoms with Gasteiger partial charge in [-0.15, -0.1) is 0 Å². The molecule has 2 aromatic carbocycles. The number of rotatable bonds is 8. The van der Waals surface area contributed by atoms with Crippen LogP contribution in [0.4, 0.5) is 5.69 Å². The van der Waals surface area contributed by atoms with Gasteiger partial charge in [0.05, 0.1) is 0 Å². The molecule has 0 unspecified atom stereocenters. The Balaban J connectivity index is 1.49. The molecule has 0 saturated heterocycles. The van der Waals surface area contributed by atoms with Gasteiger partial charge in [0, 0.05) is 17.8 Å². The van der Waals surface area contributed by atoms with Gasteiger partial charge >= 0.3 is 0 Å². The minimum atomic E-state index is -0.952. The van der Waals surface area contributed by atoms with Gasteiger partial charge < -0.3 is 10.6 Å². The summed E-state index contributed by atoms with van der Waals surface area (Å²) < 4.78 is 0. The number of Topliss-reactive ketones (excluding diaryl/α,β-unsaturated/α-hetero) is 1. The molecule has 0 heterocycles. The van der Waals surface area contributed by atoms with Crippen molar-refractivity contribution in [1.82, 2.24) is 5.32 Å². The third-order valence-corrected chi connectivity index (χ3v) is 4.94. The van der Waals surface area contributed by atoms with E-state index in [1.807, 2.05) is 18.2 Å². The molecule has 2 N–H and O–H groups in total. The van der Waals surface area contributed by atoms with Crippen molar-refractivity contribution in [3.63, 3.8) is 0 Å². The van der Waals surface area contributed by atoms with Gasteiger partial charge in [0.2, 0.25) is 11.8 Å². The van der Waals surface area contributed by atoms with Crippen LogP contribution in [0.5, 0.6) is 0 Å². The van der Waals surface area contributed by atoms with Crippen LogP contribution in [0.15, 0.2) is 54.6 Å². The van der Waals surface area contributed by atoms with Crippen molar-refractivity contribution in [1.29, 1.82) is 0 Å². The van der Waals surface area contributed by atoms with E-state index in [2.05, 4.69) is 22.8 Å². The first kappa shape index (κ1) is 18.8. The lowest BCUT2D eigenvalue weighted by molar-refractivity contribution is -0.134. The third-order valence-electron chi connectivity index (χ3n) is 4.94. The largest absolute Gasteiger partial charge is 0.355 e. The molecule has 2 aromatic rings. The van der Waals surface area contributed by atoms with Gasteiger partial charge in [-0.05, 0) is 62.4 Å². The van der Waals surface area contributed by atoms with Crippen molar-refractivity contribution >= 4 is 23.3 Å². The summed E-state index contributed by atoms with van der Waals surface area (Å²) in [7, 11) is 0. The van der Waals surface area contributed by atoms with Crippen LogP contribution >= 0.6 is 0 Å². The number of hydrogen-bond acceptors (Lipinski definition) is 3. The second-order valence-electron chi connectivity index (χ2n) is 7.01. The van der Waals surface area contributed by atoms with E-state index in [9.17, 15) is 14.4 Å². The molecule has 0 aromatic heterocycles. The van der Waals surface area contributed by atoms with Crippen LogP contribution in [-0.2, 0) is 16.0 Å². The number of carbonyl (C=O) groups excluding carboxylic acids is 3. The number of carbonyl (C=O) groups is 3. The highest BCUT2D eigenvalue weighted by molar-refractivity contribution is 6.13. The summed E-state index contributed by atoms with van der Waals surface area (Å²) in [5.41, 5.74) is 1.46. The topological polar surface area (TPSA) is 75.3 Å². The fraction of sp³-hybridized carbons (Fsp3) is 0.318. The number of anilines is 1. The zero-order chi connectivity index (χ0) is 19.3. The number of amides is 2. The van der Waals surface area contributed by atoms with E-state index in [0.717, 1.165) is 12.8 Å². The molecule has 140 valence electrons. The first-order valence-electron chi connectivity index (χ1n) is 9.26. The second kappa shape index (κ2) is 8.16. The minimum Gasteiger partial charge on any atom is -0.355 e. The first-order chi connectivity index (χ1) is 13.0. The average Bonchev–Trinajstić information content (AvgIpc) is 3.48. The van der Waals surface area contributed by atoms with Crippen LogP contribution < -0.4 is 10.6 Å². The van der Waals surface area contributed by atoms with Gasteiger partial charge in [0.15, 0.2) is 5.78 Å². The van der Waals surface area contributed by atoms with E-state index in [-0.39, 0.29) is 17.6 Å². The fourth-order valence-corrected chi connectivity index (χ4v) is 3.03. The average molecular weight is 364 g/mol. The Labute approximate surface area is 159 Å². The zero-order valence-electron chi connectivity index (χ0n) is 15.5. The highest BCUT2D eigenvalue weighted by atomic mass is 16.2. The lowest BCUT2D eigenvalue weighted by Gasteiger charge is -2.15. The number of aryl methyl sites for hydroxylation is 1. The van der Waals surface area contributed by atoms with Crippen molar-refractivity contribution in [2.24, 2.45) is 5.41 Å². The van der Waals surface area contributed by atoms with Gasteiger partial charge in [-0.2, -0.15) is 0 Å². The van der Waals surface area contributed by atoms with E-state index in [4.69, 9.17) is 0 Å². The Kier molecular flexibility index (Phi) is 5.69.